The van der Waals surface area contributed by atoms with Crippen LogP contribution in [-0.4, -0.2) is 22.9 Å². The number of benzene rings is 2. The highest BCUT2D eigenvalue weighted by Crippen LogP contribution is 2.53. The van der Waals surface area contributed by atoms with Crippen molar-refractivity contribution in [1.29, 1.82) is 0 Å². The van der Waals surface area contributed by atoms with E-state index in [-0.39, 0.29) is 28.4 Å². The van der Waals surface area contributed by atoms with Gasteiger partial charge in [0.1, 0.15) is 0 Å². The Kier molecular flexibility index (Phi) is 4.27. The van der Waals surface area contributed by atoms with Crippen LogP contribution in [0.25, 0.3) is 0 Å². The summed E-state index contributed by atoms with van der Waals surface area (Å²) in [6, 6.07) is 15.6. The number of carbonyl (C=O) groups is 3. The predicted octanol–water partition coefficient (Wildman–Crippen LogP) is 2.12. The van der Waals surface area contributed by atoms with E-state index in [1.165, 1.54) is 18.2 Å². The van der Waals surface area contributed by atoms with Crippen molar-refractivity contribution in [3.05, 3.63) is 71.3 Å². The number of hydrazine groups is 1. The summed E-state index contributed by atoms with van der Waals surface area (Å²) < 4.78 is 0. The minimum atomic E-state index is -1.20. The number of nitrogens with one attached hydrogen (secondary N) is 2. The van der Waals surface area contributed by atoms with Gasteiger partial charge in [0.15, 0.2) is 0 Å². The molecule has 0 bridgehead atoms. The van der Waals surface area contributed by atoms with E-state index in [9.17, 15) is 14.4 Å². The molecule has 1 saturated carbocycles. The Morgan fingerprint density at radius 3 is 2.20 bits per heavy atom. The summed E-state index contributed by atoms with van der Waals surface area (Å²) in [6.07, 6.45) is 0.699. The number of carboxylic acids is 1. The van der Waals surface area contributed by atoms with Crippen molar-refractivity contribution in [2.24, 2.45) is 5.92 Å². The largest absolute Gasteiger partial charge is 0.478 e. The second-order valence-corrected chi connectivity index (χ2v) is 6.33. The molecule has 25 heavy (non-hydrogen) atoms. The molecule has 6 heteroatoms. The molecule has 2 atom stereocenters. The third kappa shape index (κ3) is 3.24. The number of carbonyl (C=O) groups excluding carboxylic acids is 2. The number of carboxylic acid groups (broad SMARTS) is 1. The van der Waals surface area contributed by atoms with Gasteiger partial charge in [-0.1, -0.05) is 49.4 Å². The Morgan fingerprint density at radius 2 is 1.56 bits per heavy atom. The van der Waals surface area contributed by atoms with Crippen molar-refractivity contribution in [3.8, 4) is 0 Å². The minimum Gasteiger partial charge on any atom is -0.478 e. The van der Waals surface area contributed by atoms with Gasteiger partial charge in [0, 0.05) is 11.3 Å². The van der Waals surface area contributed by atoms with Gasteiger partial charge in [-0.25, -0.2) is 4.79 Å². The fourth-order valence-corrected chi connectivity index (χ4v) is 3.03. The molecular weight excluding hydrogens is 320 g/mol. The van der Waals surface area contributed by atoms with Crippen LogP contribution in [0, 0.1) is 5.92 Å². The number of hydrogen-bond donors (Lipinski definition) is 3. The first-order valence-electron chi connectivity index (χ1n) is 7.91. The van der Waals surface area contributed by atoms with E-state index in [4.69, 9.17) is 5.11 Å². The first-order valence-corrected chi connectivity index (χ1v) is 7.91. The maximum Gasteiger partial charge on any atom is 0.336 e. The van der Waals surface area contributed by atoms with E-state index in [1.807, 2.05) is 37.3 Å². The Hall–Kier alpha value is -3.15. The maximum absolute atomic E-state index is 12.3. The van der Waals surface area contributed by atoms with Crippen molar-refractivity contribution in [1.82, 2.24) is 10.9 Å². The molecule has 0 heterocycles. The number of rotatable bonds is 4. The summed E-state index contributed by atoms with van der Waals surface area (Å²) in [7, 11) is 0. The van der Waals surface area contributed by atoms with E-state index in [1.54, 1.807) is 6.07 Å². The number of aromatic carboxylic acids is 1. The van der Waals surface area contributed by atoms with E-state index >= 15 is 0 Å². The zero-order valence-electron chi connectivity index (χ0n) is 13.7. The third-order valence-electron chi connectivity index (χ3n) is 4.69. The average Bonchev–Trinajstić information content (AvgIpc) is 3.33. The molecule has 0 radical (unpaired) electrons. The van der Waals surface area contributed by atoms with Crippen LogP contribution in [0.5, 0.6) is 0 Å². The molecular formula is C19H18N2O4. The maximum atomic E-state index is 12.3. The molecule has 128 valence electrons. The molecule has 1 fully saturated rings. The highest BCUT2D eigenvalue weighted by molar-refractivity contribution is 6.05. The first kappa shape index (κ1) is 16.7. The molecule has 3 rings (SSSR count). The van der Waals surface area contributed by atoms with Crippen LogP contribution in [0.15, 0.2) is 54.6 Å². The van der Waals surface area contributed by atoms with Crippen LogP contribution in [0.1, 0.15) is 39.6 Å². The smallest absolute Gasteiger partial charge is 0.336 e. The van der Waals surface area contributed by atoms with Gasteiger partial charge < -0.3 is 5.11 Å². The zero-order valence-corrected chi connectivity index (χ0v) is 13.7. The van der Waals surface area contributed by atoms with Gasteiger partial charge in [-0.2, -0.15) is 0 Å². The fourth-order valence-electron chi connectivity index (χ4n) is 3.03. The number of amides is 2. The summed E-state index contributed by atoms with van der Waals surface area (Å²) in [5, 5.41) is 9.12. The molecule has 2 aromatic carbocycles. The first-order chi connectivity index (χ1) is 11.9. The molecule has 2 amide bonds. The van der Waals surface area contributed by atoms with E-state index < -0.39 is 11.9 Å². The topological polar surface area (TPSA) is 95.5 Å². The van der Waals surface area contributed by atoms with Crippen LogP contribution < -0.4 is 10.9 Å². The fraction of sp³-hybridized carbons (Fsp3) is 0.211. The van der Waals surface area contributed by atoms with Gasteiger partial charge >= 0.3 is 5.97 Å². The summed E-state index contributed by atoms with van der Waals surface area (Å²) in [6.45, 7) is 2.01. The Morgan fingerprint density at radius 1 is 0.960 bits per heavy atom. The summed E-state index contributed by atoms with van der Waals surface area (Å²) in [4.78, 5) is 35.6. The lowest BCUT2D eigenvalue weighted by atomic mass is 9.95. The normalized spacial score (nSPS) is 21.2. The van der Waals surface area contributed by atoms with Crippen molar-refractivity contribution >= 4 is 17.8 Å². The Balaban J connectivity index is 1.63. The highest BCUT2D eigenvalue weighted by Gasteiger charge is 2.55. The minimum absolute atomic E-state index is 0.00285. The standard InChI is InChI=1S/C19H18N2O4/c1-19(12-7-3-2-4-8-12)11-15(19)17(23)21-20-16(22)13-9-5-6-10-14(13)18(24)25/h2-10,15H,11H2,1H3,(H,20,22)(H,21,23)(H,24,25). The lowest BCUT2D eigenvalue weighted by Crippen LogP contribution is -2.43. The summed E-state index contributed by atoms with van der Waals surface area (Å²) >= 11 is 0. The van der Waals surface area contributed by atoms with Crippen LogP contribution in [0.2, 0.25) is 0 Å². The van der Waals surface area contributed by atoms with Crippen LogP contribution in [0.3, 0.4) is 0 Å². The van der Waals surface area contributed by atoms with Gasteiger partial charge in [-0.05, 0) is 24.1 Å². The van der Waals surface area contributed by atoms with E-state index in [2.05, 4.69) is 10.9 Å². The molecule has 1 aliphatic carbocycles. The SMILES string of the molecule is CC1(c2ccccc2)CC1C(=O)NNC(=O)c1ccccc1C(=O)O. The quantitative estimate of drug-likeness (QED) is 0.744. The molecule has 0 saturated heterocycles. The lowest BCUT2D eigenvalue weighted by molar-refractivity contribution is -0.123. The third-order valence-corrected chi connectivity index (χ3v) is 4.69. The van der Waals surface area contributed by atoms with Crippen molar-refractivity contribution < 1.29 is 19.5 Å². The van der Waals surface area contributed by atoms with Crippen LogP contribution in [-0.2, 0) is 10.2 Å². The van der Waals surface area contributed by atoms with Crippen molar-refractivity contribution in [3.63, 3.8) is 0 Å². The highest BCUT2D eigenvalue weighted by atomic mass is 16.4. The predicted molar refractivity (Wildman–Crippen MR) is 90.9 cm³/mol. The average molecular weight is 338 g/mol. The molecule has 3 N–H and O–H groups in total. The number of hydrogen-bond acceptors (Lipinski definition) is 3. The summed E-state index contributed by atoms with van der Waals surface area (Å²) in [5.74, 6) is -2.37. The van der Waals surface area contributed by atoms with Crippen LogP contribution >= 0.6 is 0 Å². The molecule has 1 aliphatic rings. The monoisotopic (exact) mass is 338 g/mol. The van der Waals surface area contributed by atoms with Gasteiger partial charge in [0.2, 0.25) is 5.91 Å². The molecule has 2 unspecified atom stereocenters. The van der Waals surface area contributed by atoms with Crippen molar-refractivity contribution in [2.45, 2.75) is 18.8 Å². The second-order valence-electron chi connectivity index (χ2n) is 6.33. The Bertz CT molecular complexity index is 834. The van der Waals surface area contributed by atoms with Gasteiger partial charge in [-0.3, -0.25) is 20.4 Å². The molecule has 0 aromatic heterocycles. The van der Waals surface area contributed by atoms with E-state index in [0.717, 1.165) is 5.56 Å². The van der Waals surface area contributed by atoms with Gasteiger partial charge in [0.25, 0.3) is 5.91 Å². The summed E-state index contributed by atoms with van der Waals surface area (Å²) in [5.41, 5.74) is 5.43. The lowest BCUT2D eigenvalue weighted by Gasteiger charge is -2.13. The van der Waals surface area contributed by atoms with E-state index in [0.29, 0.717) is 6.42 Å². The van der Waals surface area contributed by atoms with Gasteiger partial charge in [0.05, 0.1) is 11.1 Å². The molecule has 0 aliphatic heterocycles. The van der Waals surface area contributed by atoms with Gasteiger partial charge in [-0.15, -0.1) is 0 Å². The molecule has 6 nitrogen and oxygen atoms in total. The second kappa shape index (κ2) is 6.39. The van der Waals surface area contributed by atoms with Crippen molar-refractivity contribution in [2.75, 3.05) is 0 Å². The Labute approximate surface area is 144 Å². The molecule has 0 spiro atoms. The van der Waals surface area contributed by atoms with Crippen LogP contribution in [0.4, 0.5) is 0 Å². The molecule has 2 aromatic rings. The zero-order chi connectivity index (χ0) is 18.0.